The summed E-state index contributed by atoms with van der Waals surface area (Å²) >= 11 is 13.8. The summed E-state index contributed by atoms with van der Waals surface area (Å²) in [5.41, 5.74) is 1.93. The number of hydrogen-bond donors (Lipinski definition) is 0. The molecule has 4 rings (SSSR count). The van der Waals surface area contributed by atoms with Crippen LogP contribution in [-0.4, -0.2) is 48.8 Å². The molecular formula is C18H18ClN5S2. The largest absolute Gasteiger partial charge is 0.283 e. The Morgan fingerprint density at radius 1 is 1.04 bits per heavy atom. The Kier molecular flexibility index (Phi) is 5.40. The Morgan fingerprint density at radius 3 is 2.42 bits per heavy atom. The Labute approximate surface area is 166 Å². The van der Waals surface area contributed by atoms with Crippen molar-refractivity contribution in [1.82, 2.24) is 24.2 Å². The van der Waals surface area contributed by atoms with Gasteiger partial charge in [0.1, 0.15) is 0 Å². The van der Waals surface area contributed by atoms with Gasteiger partial charge in [0, 0.05) is 47.6 Å². The molecule has 0 bridgehead atoms. The van der Waals surface area contributed by atoms with Gasteiger partial charge in [0.2, 0.25) is 4.77 Å². The van der Waals surface area contributed by atoms with Crippen molar-refractivity contribution in [3.05, 3.63) is 58.6 Å². The van der Waals surface area contributed by atoms with Crippen LogP contribution >= 0.6 is 35.6 Å². The van der Waals surface area contributed by atoms with Gasteiger partial charge in [-0.25, -0.2) is 4.68 Å². The average molecular weight is 404 g/mol. The molecule has 3 aromatic rings. The maximum absolute atomic E-state index is 6.06. The first-order chi connectivity index (χ1) is 12.7. The van der Waals surface area contributed by atoms with Gasteiger partial charge in [-0.05, 0) is 48.6 Å². The third-order valence-electron chi connectivity index (χ3n) is 4.30. The van der Waals surface area contributed by atoms with E-state index in [0.717, 1.165) is 41.7 Å². The number of nitrogens with zero attached hydrogens (tertiary/aromatic N) is 5. The SMILES string of the molecule is S=c1n(CN2CCSCC2)nc(-c2ccncc2)n1-c1ccc(Cl)cc1. The van der Waals surface area contributed by atoms with Gasteiger partial charge in [0.15, 0.2) is 5.82 Å². The monoisotopic (exact) mass is 403 g/mol. The molecule has 0 radical (unpaired) electrons. The van der Waals surface area contributed by atoms with Crippen LogP contribution in [0.3, 0.4) is 0 Å². The first-order valence-corrected chi connectivity index (χ1v) is 10.3. The van der Waals surface area contributed by atoms with Gasteiger partial charge in [-0.3, -0.25) is 14.5 Å². The fourth-order valence-corrected chi connectivity index (χ4v) is 4.34. The highest BCUT2D eigenvalue weighted by Gasteiger charge is 2.17. The summed E-state index contributed by atoms with van der Waals surface area (Å²) < 4.78 is 4.59. The summed E-state index contributed by atoms with van der Waals surface area (Å²) in [4.78, 5) is 6.50. The average Bonchev–Trinajstić information content (AvgIpc) is 3.00. The third-order valence-corrected chi connectivity index (χ3v) is 5.89. The maximum Gasteiger partial charge on any atom is 0.204 e. The highest BCUT2D eigenvalue weighted by atomic mass is 35.5. The second-order valence-corrected chi connectivity index (χ2v) is 8.05. The van der Waals surface area contributed by atoms with Crippen molar-refractivity contribution in [2.75, 3.05) is 24.6 Å². The predicted octanol–water partition coefficient (Wildman–Crippen LogP) is 4.12. The van der Waals surface area contributed by atoms with Crippen molar-refractivity contribution in [1.29, 1.82) is 0 Å². The molecule has 0 amide bonds. The Hall–Kier alpha value is -1.67. The molecule has 0 aliphatic carbocycles. The lowest BCUT2D eigenvalue weighted by molar-refractivity contribution is 0.226. The number of thioether (sulfide) groups is 1. The highest BCUT2D eigenvalue weighted by molar-refractivity contribution is 7.99. The summed E-state index contributed by atoms with van der Waals surface area (Å²) in [7, 11) is 0. The maximum atomic E-state index is 6.06. The van der Waals surface area contributed by atoms with Gasteiger partial charge in [-0.1, -0.05) is 11.6 Å². The van der Waals surface area contributed by atoms with Gasteiger partial charge in [0.25, 0.3) is 0 Å². The van der Waals surface area contributed by atoms with Crippen LogP contribution in [-0.2, 0) is 6.67 Å². The second-order valence-electron chi connectivity index (χ2n) is 6.03. The Bertz CT molecular complexity index is 930. The number of benzene rings is 1. The van der Waals surface area contributed by atoms with E-state index in [0.29, 0.717) is 16.5 Å². The molecular weight excluding hydrogens is 386 g/mol. The summed E-state index contributed by atoms with van der Waals surface area (Å²) in [6, 6.07) is 11.6. The lowest BCUT2D eigenvalue weighted by Gasteiger charge is -2.25. The summed E-state index contributed by atoms with van der Waals surface area (Å²) in [5, 5.41) is 5.54. The minimum Gasteiger partial charge on any atom is -0.283 e. The van der Waals surface area contributed by atoms with Crippen molar-refractivity contribution in [3.8, 4) is 17.1 Å². The number of aromatic nitrogens is 4. The smallest absolute Gasteiger partial charge is 0.204 e. The molecule has 8 heteroatoms. The second kappa shape index (κ2) is 7.92. The van der Waals surface area contributed by atoms with E-state index in [2.05, 4.69) is 9.88 Å². The standard InChI is InChI=1S/C18H18ClN5S2/c19-15-1-3-16(4-2-15)24-17(14-5-7-20-8-6-14)21-23(18(24)25)13-22-9-11-26-12-10-22/h1-8H,9-13H2. The predicted molar refractivity (Wildman–Crippen MR) is 110 cm³/mol. The van der Waals surface area contributed by atoms with Crippen LogP contribution in [0.1, 0.15) is 0 Å². The van der Waals surface area contributed by atoms with E-state index in [-0.39, 0.29) is 0 Å². The molecule has 1 aliphatic heterocycles. The number of rotatable bonds is 4. The fourth-order valence-electron chi connectivity index (χ4n) is 2.94. The molecule has 3 heterocycles. The van der Waals surface area contributed by atoms with Gasteiger partial charge in [0.05, 0.1) is 12.4 Å². The van der Waals surface area contributed by atoms with Crippen molar-refractivity contribution in [2.24, 2.45) is 0 Å². The van der Waals surface area contributed by atoms with E-state index < -0.39 is 0 Å². The zero-order valence-corrected chi connectivity index (χ0v) is 16.5. The molecule has 2 aromatic heterocycles. The van der Waals surface area contributed by atoms with Crippen LogP contribution in [0, 0.1) is 4.77 Å². The van der Waals surface area contributed by atoms with E-state index >= 15 is 0 Å². The summed E-state index contributed by atoms with van der Waals surface area (Å²) in [6.45, 7) is 2.83. The molecule has 1 saturated heterocycles. The van der Waals surface area contributed by atoms with Crippen molar-refractivity contribution < 1.29 is 0 Å². The van der Waals surface area contributed by atoms with Gasteiger partial charge < -0.3 is 0 Å². The minimum absolute atomic E-state index is 0.678. The van der Waals surface area contributed by atoms with Crippen molar-refractivity contribution in [2.45, 2.75) is 6.67 Å². The molecule has 0 N–H and O–H groups in total. The van der Waals surface area contributed by atoms with E-state index in [1.54, 1.807) is 12.4 Å². The minimum atomic E-state index is 0.678. The zero-order valence-electron chi connectivity index (χ0n) is 14.1. The third kappa shape index (κ3) is 3.71. The van der Waals surface area contributed by atoms with Crippen LogP contribution in [0.2, 0.25) is 5.02 Å². The van der Waals surface area contributed by atoms with Crippen LogP contribution in [0.25, 0.3) is 17.1 Å². The van der Waals surface area contributed by atoms with Crippen molar-refractivity contribution in [3.63, 3.8) is 0 Å². The van der Waals surface area contributed by atoms with E-state index in [1.165, 1.54) is 0 Å². The Morgan fingerprint density at radius 2 is 1.73 bits per heavy atom. The van der Waals surface area contributed by atoms with Crippen LogP contribution in [0.15, 0.2) is 48.8 Å². The van der Waals surface area contributed by atoms with Crippen LogP contribution in [0.5, 0.6) is 0 Å². The van der Waals surface area contributed by atoms with Crippen LogP contribution < -0.4 is 0 Å². The molecule has 1 fully saturated rings. The number of hydrogen-bond acceptors (Lipinski definition) is 5. The summed E-state index contributed by atoms with van der Waals surface area (Å²) in [6.07, 6.45) is 3.54. The normalized spacial score (nSPS) is 15.3. The number of halogens is 1. The molecule has 26 heavy (non-hydrogen) atoms. The summed E-state index contributed by atoms with van der Waals surface area (Å²) in [5.74, 6) is 3.12. The molecule has 0 saturated carbocycles. The van der Waals surface area contributed by atoms with Gasteiger partial charge in [-0.15, -0.1) is 5.10 Å². The first kappa shape index (κ1) is 17.7. The zero-order chi connectivity index (χ0) is 17.9. The molecule has 0 unspecified atom stereocenters. The molecule has 1 aliphatic rings. The quantitative estimate of drug-likeness (QED) is 0.612. The lowest BCUT2D eigenvalue weighted by Crippen LogP contribution is -2.34. The van der Waals surface area contributed by atoms with E-state index in [4.69, 9.17) is 28.9 Å². The van der Waals surface area contributed by atoms with E-state index in [9.17, 15) is 0 Å². The molecule has 1 aromatic carbocycles. The van der Waals surface area contributed by atoms with E-state index in [1.807, 2.05) is 57.4 Å². The topological polar surface area (TPSA) is 38.9 Å². The number of pyridine rings is 1. The lowest BCUT2D eigenvalue weighted by atomic mass is 10.2. The molecule has 5 nitrogen and oxygen atoms in total. The van der Waals surface area contributed by atoms with Gasteiger partial charge in [-0.2, -0.15) is 11.8 Å². The molecule has 0 spiro atoms. The highest BCUT2D eigenvalue weighted by Crippen LogP contribution is 2.23. The Balaban J connectivity index is 1.79. The van der Waals surface area contributed by atoms with Crippen molar-refractivity contribution >= 4 is 35.6 Å². The van der Waals surface area contributed by atoms with Gasteiger partial charge >= 0.3 is 0 Å². The first-order valence-electron chi connectivity index (χ1n) is 8.39. The van der Waals surface area contributed by atoms with Crippen LogP contribution in [0.4, 0.5) is 0 Å². The fraction of sp³-hybridized carbons (Fsp3) is 0.278. The molecule has 134 valence electrons. The molecule has 0 atom stereocenters.